The molecule has 0 aliphatic rings. The molecule has 0 bridgehead atoms. The molecule has 40 heavy (non-hydrogen) atoms. The second-order valence-electron chi connectivity index (χ2n) is 9.90. The highest BCUT2D eigenvalue weighted by Crippen LogP contribution is 2.28. The zero-order chi connectivity index (χ0) is 29.3. The summed E-state index contributed by atoms with van der Waals surface area (Å²) in [5.74, 6) is -0.761. The second kappa shape index (κ2) is 14.3. The average molecular weight is 584 g/mol. The topological polar surface area (TPSA) is 86.8 Å². The Balaban J connectivity index is 1.97. The number of benzene rings is 3. The van der Waals surface area contributed by atoms with Crippen molar-refractivity contribution >= 4 is 39.1 Å². The number of unbranched alkanes of at least 4 members (excludes halogenated alkanes) is 1. The van der Waals surface area contributed by atoms with Crippen molar-refractivity contribution < 1.29 is 18.0 Å². The molecule has 1 atom stereocenters. The molecule has 0 aliphatic heterocycles. The Labute approximate surface area is 243 Å². The molecule has 0 spiro atoms. The van der Waals surface area contributed by atoms with Gasteiger partial charge in [0.25, 0.3) is 10.0 Å². The van der Waals surface area contributed by atoms with Crippen molar-refractivity contribution in [2.24, 2.45) is 0 Å². The van der Waals surface area contributed by atoms with Crippen LogP contribution in [0, 0.1) is 13.8 Å². The van der Waals surface area contributed by atoms with Crippen molar-refractivity contribution in [3.05, 3.63) is 94.5 Å². The van der Waals surface area contributed by atoms with Crippen LogP contribution in [-0.4, -0.2) is 50.8 Å². The van der Waals surface area contributed by atoms with Crippen molar-refractivity contribution in [1.29, 1.82) is 0 Å². The molecule has 3 aromatic rings. The first kappa shape index (κ1) is 31.2. The van der Waals surface area contributed by atoms with Crippen LogP contribution in [0.15, 0.2) is 77.7 Å². The lowest BCUT2D eigenvalue weighted by atomic mass is 10.1. The van der Waals surface area contributed by atoms with Crippen molar-refractivity contribution in [1.82, 2.24) is 10.2 Å². The van der Waals surface area contributed by atoms with Gasteiger partial charge in [-0.2, -0.15) is 0 Å². The summed E-state index contributed by atoms with van der Waals surface area (Å²) in [5.41, 5.74) is 2.97. The Hall–Kier alpha value is -3.36. The molecule has 0 fully saturated rings. The third-order valence-corrected chi connectivity index (χ3v) is 9.01. The van der Waals surface area contributed by atoms with Crippen molar-refractivity contribution in [2.75, 3.05) is 23.9 Å². The number of anilines is 1. The molecular weight excluding hydrogens is 546 g/mol. The number of aryl methyl sites for hydroxylation is 2. The SMILES string of the molecule is CCCCNC(=O)[C@@H](C)N(CCc1ccccc1)C(=O)CN(c1ccc(C)c(Cl)c1)S(=O)(=O)c1ccc(C)cc1. The number of sulfonamides is 1. The van der Waals surface area contributed by atoms with E-state index in [1.807, 2.05) is 51.1 Å². The third kappa shape index (κ3) is 8.08. The number of hydrogen-bond acceptors (Lipinski definition) is 4. The van der Waals surface area contributed by atoms with E-state index in [2.05, 4.69) is 5.32 Å². The zero-order valence-electron chi connectivity index (χ0n) is 23.6. The van der Waals surface area contributed by atoms with Crippen LogP contribution >= 0.6 is 11.6 Å². The molecule has 214 valence electrons. The number of halogens is 1. The number of rotatable bonds is 13. The van der Waals surface area contributed by atoms with Crippen molar-refractivity contribution in [2.45, 2.75) is 57.9 Å². The van der Waals surface area contributed by atoms with Crippen molar-refractivity contribution in [3.63, 3.8) is 0 Å². The summed E-state index contributed by atoms with van der Waals surface area (Å²) < 4.78 is 28.8. The van der Waals surface area contributed by atoms with Gasteiger partial charge in [-0.15, -0.1) is 0 Å². The third-order valence-electron chi connectivity index (χ3n) is 6.81. The Morgan fingerprint density at radius 3 is 2.27 bits per heavy atom. The van der Waals surface area contributed by atoms with E-state index < -0.39 is 28.5 Å². The normalized spacial score (nSPS) is 12.0. The Kier molecular flexibility index (Phi) is 11.2. The highest BCUT2D eigenvalue weighted by molar-refractivity contribution is 7.92. The van der Waals surface area contributed by atoms with Gasteiger partial charge in [-0.25, -0.2) is 8.42 Å². The van der Waals surface area contributed by atoms with Gasteiger partial charge in [0.1, 0.15) is 12.6 Å². The lowest BCUT2D eigenvalue weighted by Crippen LogP contribution is -2.52. The van der Waals surface area contributed by atoms with E-state index in [0.717, 1.165) is 33.8 Å². The van der Waals surface area contributed by atoms with E-state index in [4.69, 9.17) is 11.6 Å². The first-order valence-corrected chi connectivity index (χ1v) is 15.3. The van der Waals surface area contributed by atoms with Crippen LogP contribution in [0.3, 0.4) is 0 Å². The number of hydrogen-bond donors (Lipinski definition) is 1. The van der Waals surface area contributed by atoms with Gasteiger partial charge in [-0.05, 0) is 69.0 Å². The van der Waals surface area contributed by atoms with Gasteiger partial charge in [-0.1, -0.05) is 79.0 Å². The van der Waals surface area contributed by atoms with Crippen LogP contribution in [0.25, 0.3) is 0 Å². The van der Waals surface area contributed by atoms with Gasteiger partial charge in [0.15, 0.2) is 0 Å². The molecule has 2 amide bonds. The lowest BCUT2D eigenvalue weighted by molar-refractivity contribution is -0.138. The highest BCUT2D eigenvalue weighted by atomic mass is 35.5. The van der Waals surface area contributed by atoms with Gasteiger partial charge in [0.05, 0.1) is 10.6 Å². The summed E-state index contributed by atoms with van der Waals surface area (Å²) in [6.07, 6.45) is 2.27. The fraction of sp³-hybridized carbons (Fsp3) is 0.355. The van der Waals surface area contributed by atoms with Crippen LogP contribution < -0.4 is 9.62 Å². The predicted molar refractivity (Wildman–Crippen MR) is 161 cm³/mol. The predicted octanol–water partition coefficient (Wildman–Crippen LogP) is 5.53. The fourth-order valence-electron chi connectivity index (χ4n) is 4.21. The standard InChI is InChI=1S/C31H38ClN3O4S/c1-5-6-19-33-31(37)25(4)34(20-18-26-10-8-7-9-11-26)30(36)22-35(27-15-14-24(3)29(32)21-27)40(38,39)28-16-12-23(2)13-17-28/h7-17,21,25H,5-6,18-20,22H2,1-4H3,(H,33,37)/t25-/m1/s1. The molecule has 3 rings (SSSR count). The molecule has 0 unspecified atom stereocenters. The largest absolute Gasteiger partial charge is 0.354 e. The first-order chi connectivity index (χ1) is 19.0. The van der Waals surface area contributed by atoms with Crippen LogP contribution in [-0.2, 0) is 26.0 Å². The molecule has 7 nitrogen and oxygen atoms in total. The summed E-state index contributed by atoms with van der Waals surface area (Å²) in [5, 5.41) is 3.28. The van der Waals surface area contributed by atoms with Gasteiger partial charge in [0.2, 0.25) is 11.8 Å². The number of nitrogens with one attached hydrogen (secondary N) is 1. The molecule has 3 aromatic carbocycles. The van der Waals surface area contributed by atoms with Crippen molar-refractivity contribution in [3.8, 4) is 0 Å². The highest BCUT2D eigenvalue weighted by Gasteiger charge is 2.32. The molecule has 0 aromatic heterocycles. The Morgan fingerprint density at radius 1 is 0.975 bits per heavy atom. The summed E-state index contributed by atoms with van der Waals surface area (Å²) in [7, 11) is -4.13. The molecule has 0 saturated carbocycles. The maximum absolute atomic E-state index is 13.9. The maximum atomic E-state index is 13.9. The van der Waals surface area contributed by atoms with Crippen LogP contribution in [0.4, 0.5) is 5.69 Å². The van der Waals surface area contributed by atoms with Gasteiger partial charge in [0, 0.05) is 18.1 Å². The summed E-state index contributed by atoms with van der Waals surface area (Å²) in [4.78, 5) is 28.4. The number of carbonyl (C=O) groups excluding carboxylic acids is 2. The van der Waals surface area contributed by atoms with E-state index in [1.54, 1.807) is 37.3 Å². The molecule has 0 radical (unpaired) electrons. The number of nitrogens with zero attached hydrogens (tertiary/aromatic N) is 2. The number of carbonyl (C=O) groups is 2. The molecule has 0 aliphatic carbocycles. The monoisotopic (exact) mass is 583 g/mol. The molecule has 0 saturated heterocycles. The van der Waals surface area contributed by atoms with E-state index >= 15 is 0 Å². The van der Waals surface area contributed by atoms with Gasteiger partial charge in [-0.3, -0.25) is 13.9 Å². The van der Waals surface area contributed by atoms with Crippen LogP contribution in [0.2, 0.25) is 5.02 Å². The van der Waals surface area contributed by atoms with E-state index in [0.29, 0.717) is 18.0 Å². The minimum Gasteiger partial charge on any atom is -0.354 e. The van der Waals surface area contributed by atoms with Gasteiger partial charge >= 0.3 is 0 Å². The maximum Gasteiger partial charge on any atom is 0.264 e. The minimum atomic E-state index is -4.13. The minimum absolute atomic E-state index is 0.0591. The molecule has 1 N–H and O–H groups in total. The second-order valence-corrected chi connectivity index (χ2v) is 12.2. The zero-order valence-corrected chi connectivity index (χ0v) is 25.1. The fourth-order valence-corrected chi connectivity index (χ4v) is 5.79. The lowest BCUT2D eigenvalue weighted by Gasteiger charge is -2.32. The molecular formula is C31H38ClN3O4S. The van der Waals surface area contributed by atoms with Crippen LogP contribution in [0.1, 0.15) is 43.4 Å². The number of amides is 2. The van der Waals surface area contributed by atoms with E-state index in [9.17, 15) is 18.0 Å². The van der Waals surface area contributed by atoms with Crippen LogP contribution in [0.5, 0.6) is 0 Å². The quantitative estimate of drug-likeness (QED) is 0.268. The summed E-state index contributed by atoms with van der Waals surface area (Å²) >= 11 is 6.37. The molecule has 9 heteroatoms. The van der Waals surface area contributed by atoms with E-state index in [-0.39, 0.29) is 23.0 Å². The van der Waals surface area contributed by atoms with Gasteiger partial charge < -0.3 is 10.2 Å². The Morgan fingerprint density at radius 2 is 1.65 bits per heavy atom. The Bertz CT molecular complexity index is 1400. The summed E-state index contributed by atoms with van der Waals surface area (Å²) in [6, 6.07) is 20.2. The summed E-state index contributed by atoms with van der Waals surface area (Å²) in [6.45, 7) is 7.66. The smallest absolute Gasteiger partial charge is 0.264 e. The first-order valence-electron chi connectivity index (χ1n) is 13.5. The molecule has 0 heterocycles. The average Bonchev–Trinajstić information content (AvgIpc) is 2.94. The van der Waals surface area contributed by atoms with E-state index in [1.165, 1.54) is 17.0 Å².